The normalized spacial score (nSPS) is 10.8. The summed E-state index contributed by atoms with van der Waals surface area (Å²) in [4.78, 5) is 20.5. The number of nitrogens with two attached hydrogens (primary N) is 1. The molecule has 7 nitrogen and oxygen atoms in total. The van der Waals surface area contributed by atoms with Gasteiger partial charge in [0.25, 0.3) is 0 Å². The van der Waals surface area contributed by atoms with Crippen LogP contribution in [0.5, 0.6) is 11.6 Å². The van der Waals surface area contributed by atoms with Crippen molar-refractivity contribution >= 4 is 33.9 Å². The molecule has 0 saturated carbocycles. The van der Waals surface area contributed by atoms with Gasteiger partial charge < -0.3 is 20.5 Å². The average molecular weight is 428 g/mol. The van der Waals surface area contributed by atoms with Crippen LogP contribution >= 0.6 is 0 Å². The summed E-state index contributed by atoms with van der Waals surface area (Å²) in [6.45, 7) is 4.37. The Morgan fingerprint density at radius 3 is 2.50 bits per heavy atom. The largest absolute Gasteiger partial charge is 0.462 e. The molecular formula is C25H24N4O3. The highest BCUT2D eigenvalue weighted by atomic mass is 16.5. The lowest BCUT2D eigenvalue weighted by Crippen LogP contribution is -2.10. The van der Waals surface area contributed by atoms with E-state index in [2.05, 4.69) is 15.3 Å². The standard InChI is InChI=1S/C25H24N4O3/c1-16(2)14-31-25(30)18-7-10-20(11-8-18)29-23-22(26)24(28-15-27-23)32-21-12-9-17-5-3-4-6-19(17)13-21/h3-13,15-16H,14,26H2,1-2H3,(H,27,28,29). The molecule has 32 heavy (non-hydrogen) atoms. The summed E-state index contributed by atoms with van der Waals surface area (Å²) in [6, 6.07) is 20.7. The molecular weight excluding hydrogens is 404 g/mol. The second kappa shape index (κ2) is 9.34. The molecule has 0 aliphatic rings. The number of anilines is 3. The third kappa shape index (κ3) is 4.95. The summed E-state index contributed by atoms with van der Waals surface area (Å²) < 4.78 is 11.2. The average Bonchev–Trinajstić information content (AvgIpc) is 2.80. The zero-order valence-corrected chi connectivity index (χ0v) is 17.9. The Morgan fingerprint density at radius 1 is 1.00 bits per heavy atom. The lowest BCUT2D eigenvalue weighted by Gasteiger charge is -2.12. The molecule has 0 atom stereocenters. The third-order valence-corrected chi connectivity index (χ3v) is 4.71. The number of aromatic nitrogens is 2. The third-order valence-electron chi connectivity index (χ3n) is 4.71. The van der Waals surface area contributed by atoms with Crippen molar-refractivity contribution < 1.29 is 14.3 Å². The molecule has 0 bridgehead atoms. The Balaban J connectivity index is 1.48. The van der Waals surface area contributed by atoms with Gasteiger partial charge in [-0.3, -0.25) is 0 Å². The Morgan fingerprint density at radius 2 is 1.75 bits per heavy atom. The number of nitrogens with zero attached hydrogens (tertiary/aromatic N) is 2. The van der Waals surface area contributed by atoms with Crippen LogP contribution in [0.1, 0.15) is 24.2 Å². The summed E-state index contributed by atoms with van der Waals surface area (Å²) in [5.41, 5.74) is 7.72. The maximum Gasteiger partial charge on any atom is 0.338 e. The minimum Gasteiger partial charge on any atom is -0.462 e. The van der Waals surface area contributed by atoms with Crippen molar-refractivity contribution in [1.29, 1.82) is 0 Å². The Labute approximate surface area is 186 Å². The van der Waals surface area contributed by atoms with Gasteiger partial charge in [0.05, 0.1) is 12.2 Å². The fraction of sp³-hybridized carbons (Fsp3) is 0.160. The number of benzene rings is 3. The number of fused-ring (bicyclic) bond motifs is 1. The molecule has 0 amide bonds. The van der Waals surface area contributed by atoms with E-state index in [1.165, 1.54) is 6.33 Å². The van der Waals surface area contributed by atoms with Crippen LogP contribution in [0.15, 0.2) is 73.1 Å². The predicted molar refractivity (Wildman–Crippen MR) is 125 cm³/mol. The van der Waals surface area contributed by atoms with Crippen molar-refractivity contribution in [2.75, 3.05) is 17.7 Å². The molecule has 162 valence electrons. The molecule has 0 spiro atoms. The summed E-state index contributed by atoms with van der Waals surface area (Å²) in [5, 5.41) is 5.31. The molecule has 1 aromatic heterocycles. The minimum absolute atomic E-state index is 0.256. The maximum atomic E-state index is 12.1. The number of carbonyl (C=O) groups excluding carboxylic acids is 1. The van der Waals surface area contributed by atoms with E-state index < -0.39 is 0 Å². The molecule has 4 aromatic rings. The number of rotatable bonds is 7. The number of hydrogen-bond acceptors (Lipinski definition) is 7. The van der Waals surface area contributed by atoms with Gasteiger partial charge in [-0.15, -0.1) is 0 Å². The van der Waals surface area contributed by atoms with Crippen molar-refractivity contribution in [1.82, 2.24) is 9.97 Å². The number of esters is 1. The topological polar surface area (TPSA) is 99.4 Å². The molecule has 0 saturated heterocycles. The minimum atomic E-state index is -0.349. The van der Waals surface area contributed by atoms with Gasteiger partial charge in [0.15, 0.2) is 5.82 Å². The van der Waals surface area contributed by atoms with E-state index in [1.54, 1.807) is 24.3 Å². The Bertz CT molecular complexity index is 1240. The zero-order chi connectivity index (χ0) is 22.5. The van der Waals surface area contributed by atoms with Crippen molar-refractivity contribution in [3.05, 3.63) is 78.6 Å². The van der Waals surface area contributed by atoms with E-state index in [0.717, 1.165) is 10.8 Å². The molecule has 3 N–H and O–H groups in total. The van der Waals surface area contributed by atoms with Gasteiger partial charge >= 0.3 is 5.97 Å². The smallest absolute Gasteiger partial charge is 0.338 e. The molecule has 7 heteroatoms. The summed E-state index contributed by atoms with van der Waals surface area (Å²) in [6.07, 6.45) is 1.38. The molecule has 0 radical (unpaired) electrons. The molecule has 4 rings (SSSR count). The van der Waals surface area contributed by atoms with Crippen LogP contribution in [0.4, 0.5) is 17.2 Å². The van der Waals surface area contributed by atoms with Crippen LogP contribution in [0.3, 0.4) is 0 Å². The van der Waals surface area contributed by atoms with E-state index in [9.17, 15) is 4.79 Å². The Hall–Kier alpha value is -4.13. The second-order valence-corrected chi connectivity index (χ2v) is 7.75. The van der Waals surface area contributed by atoms with Gasteiger partial charge in [-0.1, -0.05) is 44.2 Å². The number of ether oxygens (including phenoxy) is 2. The Kier molecular flexibility index (Phi) is 6.17. The first kappa shape index (κ1) is 21.1. The molecule has 0 unspecified atom stereocenters. The van der Waals surface area contributed by atoms with Gasteiger partial charge in [-0.05, 0) is 53.1 Å². The molecule has 0 aliphatic carbocycles. The zero-order valence-electron chi connectivity index (χ0n) is 17.9. The summed E-state index contributed by atoms with van der Waals surface area (Å²) in [7, 11) is 0. The van der Waals surface area contributed by atoms with Crippen molar-refractivity contribution in [3.8, 4) is 11.6 Å². The van der Waals surface area contributed by atoms with Crippen molar-refractivity contribution in [2.45, 2.75) is 13.8 Å². The van der Waals surface area contributed by atoms with Gasteiger partial charge in [0.2, 0.25) is 5.88 Å². The highest BCUT2D eigenvalue weighted by molar-refractivity contribution is 5.90. The van der Waals surface area contributed by atoms with Crippen LogP contribution in [0.2, 0.25) is 0 Å². The lowest BCUT2D eigenvalue weighted by molar-refractivity contribution is 0.0459. The van der Waals surface area contributed by atoms with Gasteiger partial charge in [-0.2, -0.15) is 4.98 Å². The fourth-order valence-corrected chi connectivity index (χ4v) is 3.05. The fourth-order valence-electron chi connectivity index (χ4n) is 3.05. The van der Waals surface area contributed by atoms with E-state index in [0.29, 0.717) is 29.4 Å². The molecule has 3 aromatic carbocycles. The van der Waals surface area contributed by atoms with Gasteiger partial charge in [0.1, 0.15) is 17.8 Å². The number of hydrogen-bond donors (Lipinski definition) is 2. The van der Waals surface area contributed by atoms with E-state index >= 15 is 0 Å². The molecule has 0 aliphatic heterocycles. The highest BCUT2D eigenvalue weighted by Gasteiger charge is 2.12. The first-order chi connectivity index (χ1) is 15.5. The van der Waals surface area contributed by atoms with Crippen molar-refractivity contribution in [3.63, 3.8) is 0 Å². The predicted octanol–water partition coefficient (Wildman–Crippen LogP) is 5.56. The van der Waals surface area contributed by atoms with Crippen LogP contribution < -0.4 is 15.8 Å². The van der Waals surface area contributed by atoms with Crippen molar-refractivity contribution in [2.24, 2.45) is 5.92 Å². The molecule has 0 fully saturated rings. The lowest BCUT2D eigenvalue weighted by atomic mass is 10.1. The molecule has 1 heterocycles. The van der Waals surface area contributed by atoms with E-state index in [4.69, 9.17) is 15.2 Å². The summed E-state index contributed by atoms with van der Waals surface area (Å²) in [5.74, 6) is 1.23. The number of nitrogens with one attached hydrogen (secondary N) is 1. The van der Waals surface area contributed by atoms with Crippen LogP contribution in [-0.4, -0.2) is 22.5 Å². The van der Waals surface area contributed by atoms with Crippen LogP contribution in [0, 0.1) is 5.92 Å². The SMILES string of the molecule is CC(C)COC(=O)c1ccc(Nc2ncnc(Oc3ccc4ccccc4c3)c2N)cc1. The quantitative estimate of drug-likeness (QED) is 0.372. The maximum absolute atomic E-state index is 12.1. The first-order valence-corrected chi connectivity index (χ1v) is 10.3. The van der Waals surface area contributed by atoms with Gasteiger partial charge in [-0.25, -0.2) is 9.78 Å². The summed E-state index contributed by atoms with van der Waals surface area (Å²) >= 11 is 0. The highest BCUT2D eigenvalue weighted by Crippen LogP contribution is 2.32. The first-order valence-electron chi connectivity index (χ1n) is 10.3. The number of carbonyl (C=O) groups is 1. The van der Waals surface area contributed by atoms with Crippen LogP contribution in [-0.2, 0) is 4.74 Å². The van der Waals surface area contributed by atoms with E-state index in [1.807, 2.05) is 56.3 Å². The monoisotopic (exact) mass is 428 g/mol. The van der Waals surface area contributed by atoms with E-state index in [-0.39, 0.29) is 23.5 Å². The van der Waals surface area contributed by atoms with Crippen LogP contribution in [0.25, 0.3) is 10.8 Å². The number of nitrogen functional groups attached to an aromatic ring is 1. The second-order valence-electron chi connectivity index (χ2n) is 7.75. The van der Waals surface area contributed by atoms with Gasteiger partial charge in [0, 0.05) is 5.69 Å².